The highest BCUT2D eigenvalue weighted by Crippen LogP contribution is 2.56. The van der Waals surface area contributed by atoms with Gasteiger partial charge in [0.25, 0.3) is 0 Å². The van der Waals surface area contributed by atoms with E-state index < -0.39 is 5.82 Å². The SMILES string of the molecule is CC=CC(=O)Nc1cc2c(Nc3cccc(Cl)c3F)ncnc2cc1C#C[C@]12C[C@H]1CN(C)C2. The summed E-state index contributed by atoms with van der Waals surface area (Å²) in [5.74, 6) is 6.95. The molecule has 34 heavy (non-hydrogen) atoms. The highest BCUT2D eigenvalue weighted by molar-refractivity contribution is 6.31. The number of aromatic nitrogens is 2. The van der Waals surface area contributed by atoms with Gasteiger partial charge in [0.1, 0.15) is 12.1 Å². The molecule has 1 saturated carbocycles. The molecule has 2 atom stereocenters. The molecule has 5 rings (SSSR count). The number of hydrogen-bond acceptors (Lipinski definition) is 5. The van der Waals surface area contributed by atoms with Gasteiger partial charge in [0.05, 0.1) is 27.5 Å². The molecule has 2 N–H and O–H groups in total. The molecule has 172 valence electrons. The number of nitrogens with zero attached hydrogens (tertiary/aromatic N) is 3. The fourth-order valence-corrected chi connectivity index (χ4v) is 4.76. The van der Waals surface area contributed by atoms with E-state index >= 15 is 0 Å². The Balaban J connectivity index is 1.57. The topological polar surface area (TPSA) is 70.1 Å². The van der Waals surface area contributed by atoms with Gasteiger partial charge >= 0.3 is 0 Å². The molecule has 0 spiro atoms. The largest absolute Gasteiger partial charge is 0.337 e. The molecule has 0 radical (unpaired) electrons. The van der Waals surface area contributed by atoms with Gasteiger partial charge in [-0.05, 0) is 56.7 Å². The lowest BCUT2D eigenvalue weighted by Gasteiger charge is -2.13. The predicted molar refractivity (Wildman–Crippen MR) is 133 cm³/mol. The lowest BCUT2D eigenvalue weighted by Crippen LogP contribution is -2.19. The highest BCUT2D eigenvalue weighted by Gasteiger charge is 2.58. The smallest absolute Gasteiger partial charge is 0.248 e. The van der Waals surface area contributed by atoms with Gasteiger partial charge in [-0.3, -0.25) is 4.79 Å². The molecule has 2 aliphatic rings. The first-order chi connectivity index (χ1) is 16.4. The van der Waals surface area contributed by atoms with Crippen molar-refractivity contribution in [3.05, 3.63) is 65.2 Å². The van der Waals surface area contributed by atoms with E-state index in [2.05, 4.69) is 44.4 Å². The van der Waals surface area contributed by atoms with Crippen LogP contribution in [0, 0.1) is 29.0 Å². The number of benzene rings is 2. The van der Waals surface area contributed by atoms with Crippen molar-refractivity contribution in [3.63, 3.8) is 0 Å². The minimum Gasteiger partial charge on any atom is -0.337 e. The van der Waals surface area contributed by atoms with E-state index in [1.54, 1.807) is 31.2 Å². The zero-order valence-electron chi connectivity index (χ0n) is 18.8. The van der Waals surface area contributed by atoms with Gasteiger partial charge in [-0.25, -0.2) is 14.4 Å². The van der Waals surface area contributed by atoms with Crippen molar-refractivity contribution in [2.24, 2.45) is 11.3 Å². The number of halogens is 2. The summed E-state index contributed by atoms with van der Waals surface area (Å²) in [6.45, 7) is 3.80. The van der Waals surface area contributed by atoms with Gasteiger partial charge in [-0.1, -0.05) is 35.6 Å². The van der Waals surface area contributed by atoms with Crippen molar-refractivity contribution < 1.29 is 9.18 Å². The summed E-state index contributed by atoms with van der Waals surface area (Å²) in [5, 5.41) is 6.53. The van der Waals surface area contributed by atoms with Crippen molar-refractivity contribution in [2.75, 3.05) is 30.8 Å². The minimum atomic E-state index is -0.570. The van der Waals surface area contributed by atoms with Crippen LogP contribution in [0.4, 0.5) is 21.6 Å². The number of likely N-dealkylation sites (tertiary alicyclic amines) is 1. The fourth-order valence-electron chi connectivity index (χ4n) is 4.58. The summed E-state index contributed by atoms with van der Waals surface area (Å²) in [6, 6.07) is 8.31. The Labute approximate surface area is 202 Å². The van der Waals surface area contributed by atoms with Crippen LogP contribution in [0.2, 0.25) is 5.02 Å². The van der Waals surface area contributed by atoms with Crippen molar-refractivity contribution in [2.45, 2.75) is 13.3 Å². The first kappa shape index (κ1) is 22.3. The monoisotopic (exact) mass is 475 g/mol. The second-order valence-electron chi connectivity index (χ2n) is 8.86. The molecule has 1 aliphatic heterocycles. The lowest BCUT2D eigenvalue weighted by molar-refractivity contribution is -0.111. The third kappa shape index (κ3) is 4.23. The molecule has 1 aromatic heterocycles. The quantitative estimate of drug-likeness (QED) is 0.411. The molecular weight excluding hydrogens is 453 g/mol. The molecule has 2 fully saturated rings. The molecule has 0 bridgehead atoms. The number of anilines is 3. The Morgan fingerprint density at radius 1 is 1.32 bits per heavy atom. The second-order valence-corrected chi connectivity index (χ2v) is 9.26. The van der Waals surface area contributed by atoms with Crippen LogP contribution in [0.15, 0.2) is 48.8 Å². The molecule has 8 heteroatoms. The normalized spacial score (nSPS) is 21.2. The molecule has 3 aromatic rings. The van der Waals surface area contributed by atoms with E-state index in [4.69, 9.17) is 11.6 Å². The van der Waals surface area contributed by atoms with Gasteiger partial charge in [0.15, 0.2) is 5.82 Å². The number of allylic oxidation sites excluding steroid dienone is 1. The highest BCUT2D eigenvalue weighted by atomic mass is 35.5. The number of piperidine rings is 1. The van der Waals surface area contributed by atoms with E-state index in [-0.39, 0.29) is 22.0 Å². The average Bonchev–Trinajstić information content (AvgIpc) is 3.36. The lowest BCUT2D eigenvalue weighted by atomic mass is 10.0. The van der Waals surface area contributed by atoms with Crippen LogP contribution in [-0.2, 0) is 4.79 Å². The Morgan fingerprint density at radius 3 is 2.94 bits per heavy atom. The first-order valence-corrected chi connectivity index (χ1v) is 11.4. The molecule has 1 aliphatic carbocycles. The number of rotatable bonds is 4. The Morgan fingerprint density at radius 2 is 2.18 bits per heavy atom. The van der Waals surface area contributed by atoms with Crippen LogP contribution < -0.4 is 10.6 Å². The fraction of sp³-hybridized carbons (Fsp3) is 0.269. The maximum atomic E-state index is 14.5. The number of fused-ring (bicyclic) bond motifs is 2. The van der Waals surface area contributed by atoms with Gasteiger partial charge in [-0.15, -0.1) is 0 Å². The van der Waals surface area contributed by atoms with Crippen molar-refractivity contribution in [1.29, 1.82) is 0 Å². The van der Waals surface area contributed by atoms with Gasteiger partial charge < -0.3 is 15.5 Å². The zero-order valence-corrected chi connectivity index (χ0v) is 19.6. The third-order valence-corrected chi connectivity index (χ3v) is 6.61. The molecule has 6 nitrogen and oxygen atoms in total. The summed E-state index contributed by atoms with van der Waals surface area (Å²) < 4.78 is 14.5. The molecule has 2 heterocycles. The molecule has 1 saturated heterocycles. The van der Waals surface area contributed by atoms with Crippen LogP contribution in [-0.4, -0.2) is 40.9 Å². The van der Waals surface area contributed by atoms with Crippen LogP contribution >= 0.6 is 11.6 Å². The summed E-state index contributed by atoms with van der Waals surface area (Å²) in [6.07, 6.45) is 5.64. The zero-order chi connectivity index (χ0) is 23.9. The molecule has 2 aromatic carbocycles. The van der Waals surface area contributed by atoms with Gasteiger partial charge in [0, 0.05) is 23.9 Å². The van der Waals surface area contributed by atoms with E-state index in [9.17, 15) is 9.18 Å². The summed E-state index contributed by atoms with van der Waals surface area (Å²) in [5.41, 5.74) is 2.09. The maximum Gasteiger partial charge on any atom is 0.248 e. The number of carbonyl (C=O) groups is 1. The van der Waals surface area contributed by atoms with Crippen LogP contribution in [0.3, 0.4) is 0 Å². The van der Waals surface area contributed by atoms with E-state index in [0.717, 1.165) is 19.5 Å². The summed E-state index contributed by atoms with van der Waals surface area (Å²) >= 11 is 5.92. The number of hydrogen-bond donors (Lipinski definition) is 2. The van der Waals surface area contributed by atoms with Crippen molar-refractivity contribution in [3.8, 4) is 11.8 Å². The molecular formula is C26H23ClFN5O. The molecule has 1 amide bonds. The Bertz CT molecular complexity index is 1400. The second kappa shape index (κ2) is 8.71. The van der Waals surface area contributed by atoms with E-state index in [0.29, 0.717) is 33.9 Å². The van der Waals surface area contributed by atoms with Gasteiger partial charge in [-0.2, -0.15) is 0 Å². The van der Waals surface area contributed by atoms with Crippen molar-refractivity contribution in [1.82, 2.24) is 14.9 Å². The van der Waals surface area contributed by atoms with Crippen LogP contribution in [0.25, 0.3) is 10.9 Å². The van der Waals surface area contributed by atoms with Crippen molar-refractivity contribution >= 4 is 45.6 Å². The number of carbonyl (C=O) groups excluding carboxylic acids is 1. The first-order valence-electron chi connectivity index (χ1n) is 11.0. The Hall–Kier alpha value is -3.47. The summed E-state index contributed by atoms with van der Waals surface area (Å²) in [4.78, 5) is 23.4. The summed E-state index contributed by atoms with van der Waals surface area (Å²) in [7, 11) is 2.11. The van der Waals surface area contributed by atoms with Crippen LogP contribution in [0.1, 0.15) is 18.9 Å². The third-order valence-electron chi connectivity index (χ3n) is 6.32. The Kier molecular flexibility index (Phi) is 5.72. The van der Waals surface area contributed by atoms with E-state index in [1.807, 2.05) is 6.07 Å². The predicted octanol–water partition coefficient (Wildman–Crippen LogP) is 4.98. The van der Waals surface area contributed by atoms with Crippen LogP contribution in [0.5, 0.6) is 0 Å². The van der Waals surface area contributed by atoms with E-state index in [1.165, 1.54) is 18.5 Å². The van der Waals surface area contributed by atoms with Gasteiger partial charge in [0.2, 0.25) is 5.91 Å². The standard InChI is InChI=1S/C26H23ClFN5O/c1-3-5-23(34)31-21-11-18-22(10-16(21)8-9-26-12-17(26)13-33(2)14-26)29-15-30-25(18)32-20-7-4-6-19(27)24(20)28/h3-7,10-11,15,17H,12-14H2,1-2H3,(H,31,34)(H,29,30,32)/t17-,26+/m0/s1. The number of amides is 1. The average molecular weight is 476 g/mol. The minimum absolute atomic E-state index is 0.00976. The molecule has 0 unspecified atom stereocenters. The maximum absolute atomic E-state index is 14.5. The number of nitrogens with one attached hydrogen (secondary N) is 2.